The second-order valence-electron chi connectivity index (χ2n) is 7.56. The molecule has 1 unspecified atom stereocenters. The first-order valence-corrected chi connectivity index (χ1v) is 10.2. The van der Waals surface area contributed by atoms with Gasteiger partial charge in [0, 0.05) is 25.8 Å². The van der Waals surface area contributed by atoms with E-state index in [9.17, 15) is 10.1 Å². The van der Waals surface area contributed by atoms with Gasteiger partial charge >= 0.3 is 0 Å². The Morgan fingerprint density at radius 3 is 2.97 bits per heavy atom. The predicted octanol–water partition coefficient (Wildman–Crippen LogP) is 2.20. The molecule has 1 saturated heterocycles. The minimum Gasteiger partial charge on any atom is -0.366 e. The monoisotopic (exact) mass is 419 g/mol. The largest absolute Gasteiger partial charge is 0.366 e. The van der Waals surface area contributed by atoms with Crippen LogP contribution in [0.1, 0.15) is 18.2 Å². The van der Waals surface area contributed by atoms with Gasteiger partial charge in [0.2, 0.25) is 5.95 Å². The Labute approximate surface area is 181 Å². The molecule has 0 saturated carbocycles. The van der Waals surface area contributed by atoms with Crippen LogP contribution in [-0.4, -0.2) is 60.2 Å². The van der Waals surface area contributed by atoms with Crippen molar-refractivity contribution in [2.45, 2.75) is 20.0 Å². The highest BCUT2D eigenvalue weighted by atomic mass is 16.5. The third kappa shape index (κ3) is 4.08. The second kappa shape index (κ2) is 8.71. The molecular formula is C22H25N7O2. The summed E-state index contributed by atoms with van der Waals surface area (Å²) >= 11 is 0. The zero-order valence-corrected chi connectivity index (χ0v) is 17.8. The highest BCUT2D eigenvalue weighted by molar-refractivity contribution is 5.94. The zero-order chi connectivity index (χ0) is 22.0. The molecule has 3 heterocycles. The van der Waals surface area contributed by atoms with Crippen molar-refractivity contribution in [3.8, 4) is 6.07 Å². The number of hydrogen-bond acceptors (Lipinski definition) is 8. The molecule has 1 amide bonds. The lowest BCUT2D eigenvalue weighted by molar-refractivity contribution is -0.132. The molecule has 9 nitrogen and oxygen atoms in total. The number of benzene rings is 1. The van der Waals surface area contributed by atoms with E-state index in [1.165, 1.54) is 0 Å². The standard InChI is InChI=1S/C22H25N7O2/c1-4-29-17-8-6-5-7-16(17)25-20(29)15(11-23)19-14(2)12-24-22(26-19)27-21(30)18-13-28(3)9-10-31-18/h5-8,12,18,25H,4,9-10,13H2,1-3H3,(H,24,26,27,30)/b20-15+. The number of nitrogens with one attached hydrogen (secondary N) is 2. The third-order valence-corrected chi connectivity index (χ3v) is 5.39. The van der Waals surface area contributed by atoms with Crippen LogP contribution in [0.3, 0.4) is 0 Å². The van der Waals surface area contributed by atoms with E-state index in [0.29, 0.717) is 36.8 Å². The van der Waals surface area contributed by atoms with Gasteiger partial charge in [-0.3, -0.25) is 10.1 Å². The Kier molecular flexibility index (Phi) is 5.84. The van der Waals surface area contributed by atoms with E-state index in [0.717, 1.165) is 23.5 Å². The van der Waals surface area contributed by atoms with E-state index < -0.39 is 6.10 Å². The third-order valence-electron chi connectivity index (χ3n) is 5.39. The van der Waals surface area contributed by atoms with Crippen molar-refractivity contribution in [3.05, 3.63) is 47.5 Å². The number of nitrogens with zero attached hydrogens (tertiary/aromatic N) is 5. The molecule has 0 spiro atoms. The molecule has 1 atom stereocenters. The molecule has 2 aliphatic heterocycles. The van der Waals surface area contributed by atoms with Crippen molar-refractivity contribution in [2.75, 3.05) is 48.8 Å². The number of ether oxygens (including phenoxy) is 1. The topological polar surface area (TPSA) is 106 Å². The molecule has 0 aliphatic carbocycles. The van der Waals surface area contributed by atoms with Crippen molar-refractivity contribution in [3.63, 3.8) is 0 Å². The summed E-state index contributed by atoms with van der Waals surface area (Å²) in [6, 6.07) is 10.2. The summed E-state index contributed by atoms with van der Waals surface area (Å²) in [5.74, 6) is 0.519. The zero-order valence-electron chi connectivity index (χ0n) is 17.8. The fraction of sp³-hybridized carbons (Fsp3) is 0.364. The molecule has 1 fully saturated rings. The van der Waals surface area contributed by atoms with Crippen LogP contribution in [-0.2, 0) is 9.53 Å². The molecule has 2 aliphatic rings. The number of fused-ring (bicyclic) bond motifs is 1. The number of amides is 1. The number of para-hydroxylation sites is 2. The number of hydrogen-bond donors (Lipinski definition) is 2. The van der Waals surface area contributed by atoms with Gasteiger partial charge in [-0.2, -0.15) is 5.26 Å². The number of nitriles is 1. The Morgan fingerprint density at radius 2 is 2.23 bits per heavy atom. The number of allylic oxidation sites excluding steroid dienone is 1. The van der Waals surface area contributed by atoms with E-state index in [1.54, 1.807) is 6.20 Å². The van der Waals surface area contributed by atoms with Crippen LogP contribution in [0, 0.1) is 18.3 Å². The summed E-state index contributed by atoms with van der Waals surface area (Å²) in [5.41, 5.74) is 3.55. The SMILES string of the molecule is CCN1/C(=C(\C#N)c2nc(NC(=O)C3CN(C)CCO3)ncc2C)Nc2ccccc21. The maximum Gasteiger partial charge on any atom is 0.257 e. The van der Waals surface area contributed by atoms with Crippen molar-refractivity contribution < 1.29 is 9.53 Å². The second-order valence-corrected chi connectivity index (χ2v) is 7.56. The van der Waals surface area contributed by atoms with Gasteiger partial charge in [0.25, 0.3) is 5.91 Å². The average molecular weight is 419 g/mol. The lowest BCUT2D eigenvalue weighted by Gasteiger charge is -2.28. The van der Waals surface area contributed by atoms with Gasteiger partial charge in [-0.1, -0.05) is 12.1 Å². The first-order chi connectivity index (χ1) is 15.0. The van der Waals surface area contributed by atoms with Crippen LogP contribution < -0.4 is 15.5 Å². The fourth-order valence-electron chi connectivity index (χ4n) is 3.76. The van der Waals surface area contributed by atoms with Crippen LogP contribution in [0.5, 0.6) is 0 Å². The number of morpholine rings is 1. The summed E-state index contributed by atoms with van der Waals surface area (Å²) in [6.07, 6.45) is 1.03. The number of likely N-dealkylation sites (N-methyl/N-ethyl adjacent to an activating group) is 1. The number of rotatable bonds is 4. The maximum atomic E-state index is 12.6. The molecule has 2 aromatic rings. The molecule has 0 bridgehead atoms. The molecule has 160 valence electrons. The molecule has 31 heavy (non-hydrogen) atoms. The highest BCUT2D eigenvalue weighted by Gasteiger charge is 2.28. The van der Waals surface area contributed by atoms with Crippen molar-refractivity contribution in [1.29, 1.82) is 5.26 Å². The summed E-state index contributed by atoms with van der Waals surface area (Å²) in [7, 11) is 1.95. The number of carbonyl (C=O) groups excluding carboxylic acids is 1. The minimum absolute atomic E-state index is 0.148. The molecule has 4 rings (SSSR count). The van der Waals surface area contributed by atoms with Gasteiger partial charge in [0.1, 0.15) is 23.6 Å². The average Bonchev–Trinajstić information content (AvgIpc) is 3.14. The van der Waals surface area contributed by atoms with Crippen LogP contribution >= 0.6 is 0 Å². The van der Waals surface area contributed by atoms with E-state index in [2.05, 4.69) is 26.7 Å². The number of aromatic nitrogens is 2. The normalized spacial score (nSPS) is 19.9. The van der Waals surface area contributed by atoms with E-state index in [-0.39, 0.29) is 11.9 Å². The van der Waals surface area contributed by atoms with Gasteiger partial charge in [-0.15, -0.1) is 0 Å². The number of aryl methyl sites for hydroxylation is 1. The van der Waals surface area contributed by atoms with E-state index in [1.807, 2.05) is 55.0 Å². The lowest BCUT2D eigenvalue weighted by Crippen LogP contribution is -2.46. The Balaban J connectivity index is 1.65. The Bertz CT molecular complexity index is 1080. The summed E-state index contributed by atoms with van der Waals surface area (Å²) in [4.78, 5) is 25.4. The smallest absolute Gasteiger partial charge is 0.257 e. The molecule has 9 heteroatoms. The number of carbonyl (C=O) groups is 1. The van der Waals surface area contributed by atoms with Crippen LogP contribution in [0.2, 0.25) is 0 Å². The predicted molar refractivity (Wildman–Crippen MR) is 118 cm³/mol. The summed E-state index contributed by atoms with van der Waals surface area (Å²) < 4.78 is 5.56. The van der Waals surface area contributed by atoms with Crippen LogP contribution in [0.15, 0.2) is 36.3 Å². The fourth-order valence-corrected chi connectivity index (χ4v) is 3.76. The van der Waals surface area contributed by atoms with Gasteiger partial charge in [0.15, 0.2) is 0 Å². The summed E-state index contributed by atoms with van der Waals surface area (Å²) in [5, 5.41) is 16.1. The van der Waals surface area contributed by atoms with Gasteiger partial charge in [0.05, 0.1) is 23.7 Å². The summed E-state index contributed by atoms with van der Waals surface area (Å²) in [6.45, 7) is 6.35. The number of anilines is 3. The Morgan fingerprint density at radius 1 is 1.42 bits per heavy atom. The molecule has 1 aromatic heterocycles. The van der Waals surface area contributed by atoms with Crippen molar-refractivity contribution in [1.82, 2.24) is 14.9 Å². The van der Waals surface area contributed by atoms with Crippen molar-refractivity contribution in [2.24, 2.45) is 0 Å². The maximum absolute atomic E-state index is 12.6. The van der Waals surface area contributed by atoms with E-state index in [4.69, 9.17) is 4.74 Å². The molecular weight excluding hydrogens is 394 g/mol. The first-order valence-electron chi connectivity index (χ1n) is 10.2. The molecule has 0 radical (unpaired) electrons. The van der Waals surface area contributed by atoms with E-state index >= 15 is 0 Å². The van der Waals surface area contributed by atoms with Gasteiger partial charge in [-0.25, -0.2) is 9.97 Å². The lowest BCUT2D eigenvalue weighted by atomic mass is 10.1. The minimum atomic E-state index is -0.581. The molecule has 1 aromatic carbocycles. The van der Waals surface area contributed by atoms with Gasteiger partial charge < -0.3 is 19.9 Å². The van der Waals surface area contributed by atoms with Crippen LogP contribution in [0.4, 0.5) is 17.3 Å². The quantitative estimate of drug-likeness (QED) is 0.727. The first kappa shape index (κ1) is 20.8. The van der Waals surface area contributed by atoms with Crippen LogP contribution in [0.25, 0.3) is 5.57 Å². The Hall–Kier alpha value is -3.48. The van der Waals surface area contributed by atoms with Crippen molar-refractivity contribution >= 4 is 28.8 Å². The van der Waals surface area contributed by atoms with Gasteiger partial charge in [-0.05, 0) is 38.6 Å². The molecule has 2 N–H and O–H groups in total. The highest BCUT2D eigenvalue weighted by Crippen LogP contribution is 2.38.